The van der Waals surface area contributed by atoms with Crippen LogP contribution in [0.15, 0.2) is 24.3 Å². The van der Waals surface area contributed by atoms with Gasteiger partial charge in [0.1, 0.15) is 0 Å². The minimum atomic E-state index is -0.418. The Labute approximate surface area is 112 Å². The van der Waals surface area contributed by atoms with Crippen LogP contribution in [-0.2, 0) is 4.79 Å². The molecule has 0 heterocycles. The average molecular weight is 262 g/mol. The molecule has 19 heavy (non-hydrogen) atoms. The van der Waals surface area contributed by atoms with E-state index in [9.17, 15) is 14.9 Å². The van der Waals surface area contributed by atoms with Crippen LogP contribution in [0.25, 0.3) is 6.08 Å². The van der Waals surface area contributed by atoms with Gasteiger partial charge in [-0.2, -0.15) is 0 Å². The maximum absolute atomic E-state index is 11.8. The number of carbonyl (C=O) groups is 1. The summed E-state index contributed by atoms with van der Waals surface area (Å²) in [5, 5.41) is 10.8. The fourth-order valence-corrected chi connectivity index (χ4v) is 1.82. The van der Waals surface area contributed by atoms with Gasteiger partial charge in [0.2, 0.25) is 5.91 Å². The largest absolute Gasteiger partial charge is 0.340 e. The molecule has 0 saturated heterocycles. The summed E-state index contributed by atoms with van der Waals surface area (Å²) in [4.78, 5) is 23.9. The third kappa shape index (κ3) is 3.64. The second kappa shape index (κ2) is 6.68. The summed E-state index contributed by atoms with van der Waals surface area (Å²) >= 11 is 0. The molecule has 0 atom stereocenters. The number of benzene rings is 1. The van der Waals surface area contributed by atoms with Crippen LogP contribution in [0.4, 0.5) is 5.69 Å². The number of likely N-dealkylation sites (N-methyl/N-ethyl adjacent to an activating group) is 1. The minimum absolute atomic E-state index is 0.0671. The van der Waals surface area contributed by atoms with E-state index in [4.69, 9.17) is 0 Å². The van der Waals surface area contributed by atoms with E-state index in [-0.39, 0.29) is 11.6 Å². The van der Waals surface area contributed by atoms with E-state index in [1.807, 2.05) is 13.8 Å². The van der Waals surface area contributed by atoms with Crippen molar-refractivity contribution in [3.8, 4) is 0 Å². The first-order valence-electron chi connectivity index (χ1n) is 6.22. The summed E-state index contributed by atoms with van der Waals surface area (Å²) in [5.74, 6) is -0.0871. The predicted molar refractivity (Wildman–Crippen MR) is 74.8 cm³/mol. The zero-order valence-corrected chi connectivity index (χ0v) is 11.4. The van der Waals surface area contributed by atoms with Gasteiger partial charge in [-0.05, 0) is 32.4 Å². The van der Waals surface area contributed by atoms with Crippen molar-refractivity contribution in [1.29, 1.82) is 0 Å². The molecule has 0 unspecified atom stereocenters. The van der Waals surface area contributed by atoms with Crippen molar-refractivity contribution in [2.75, 3.05) is 13.1 Å². The van der Waals surface area contributed by atoms with Gasteiger partial charge in [0.15, 0.2) is 0 Å². The van der Waals surface area contributed by atoms with E-state index in [1.165, 1.54) is 12.1 Å². The first-order chi connectivity index (χ1) is 9.01. The molecule has 5 heteroatoms. The topological polar surface area (TPSA) is 63.5 Å². The van der Waals surface area contributed by atoms with Crippen LogP contribution in [0.3, 0.4) is 0 Å². The van der Waals surface area contributed by atoms with E-state index in [0.29, 0.717) is 24.2 Å². The lowest BCUT2D eigenvalue weighted by Gasteiger charge is -2.15. The molecule has 0 aliphatic carbocycles. The summed E-state index contributed by atoms with van der Waals surface area (Å²) in [6.07, 6.45) is 3.09. The second-order valence-corrected chi connectivity index (χ2v) is 4.09. The van der Waals surface area contributed by atoms with Crippen LogP contribution >= 0.6 is 0 Å². The first kappa shape index (κ1) is 14.9. The molecule has 0 N–H and O–H groups in total. The molecule has 0 aromatic heterocycles. The third-order valence-corrected chi connectivity index (χ3v) is 3.02. The molecular formula is C14H18N2O3. The number of carbonyl (C=O) groups excluding carboxylic acids is 1. The van der Waals surface area contributed by atoms with Crippen molar-refractivity contribution in [2.24, 2.45) is 0 Å². The maximum Gasteiger partial charge on any atom is 0.272 e. The highest BCUT2D eigenvalue weighted by atomic mass is 16.6. The number of amides is 1. The van der Waals surface area contributed by atoms with Gasteiger partial charge in [-0.15, -0.1) is 0 Å². The third-order valence-electron chi connectivity index (χ3n) is 3.02. The van der Waals surface area contributed by atoms with Crippen molar-refractivity contribution in [1.82, 2.24) is 4.90 Å². The highest BCUT2D eigenvalue weighted by Crippen LogP contribution is 2.21. The summed E-state index contributed by atoms with van der Waals surface area (Å²) < 4.78 is 0. The highest BCUT2D eigenvalue weighted by molar-refractivity contribution is 5.92. The Kier molecular flexibility index (Phi) is 5.23. The van der Waals surface area contributed by atoms with Crippen molar-refractivity contribution in [2.45, 2.75) is 20.8 Å². The van der Waals surface area contributed by atoms with Crippen molar-refractivity contribution in [3.05, 3.63) is 45.5 Å². The molecule has 0 bridgehead atoms. The first-order valence-corrected chi connectivity index (χ1v) is 6.22. The monoisotopic (exact) mass is 262 g/mol. The Morgan fingerprint density at radius 1 is 1.37 bits per heavy atom. The van der Waals surface area contributed by atoms with Crippen LogP contribution < -0.4 is 0 Å². The standard InChI is InChI=1S/C14H18N2O3/c1-4-15(5-2)14(17)10-9-12-7-6-8-13(11(12)3)16(18)19/h6-10H,4-5H2,1-3H3. The van der Waals surface area contributed by atoms with E-state index < -0.39 is 4.92 Å². The average Bonchev–Trinajstić information content (AvgIpc) is 2.38. The molecule has 0 radical (unpaired) electrons. The Morgan fingerprint density at radius 3 is 2.53 bits per heavy atom. The molecule has 0 aliphatic rings. The van der Waals surface area contributed by atoms with Crippen molar-refractivity contribution in [3.63, 3.8) is 0 Å². The molecule has 1 amide bonds. The van der Waals surface area contributed by atoms with Gasteiger partial charge < -0.3 is 4.90 Å². The van der Waals surface area contributed by atoms with Crippen molar-refractivity contribution >= 4 is 17.7 Å². The number of nitro benzene ring substituents is 1. The van der Waals surface area contributed by atoms with Gasteiger partial charge in [-0.1, -0.05) is 12.1 Å². The molecule has 1 aromatic carbocycles. The fraction of sp³-hybridized carbons (Fsp3) is 0.357. The summed E-state index contributed by atoms with van der Waals surface area (Å²) in [7, 11) is 0. The fourth-order valence-electron chi connectivity index (χ4n) is 1.82. The van der Waals surface area contributed by atoms with E-state index in [1.54, 1.807) is 30.0 Å². The van der Waals surface area contributed by atoms with Crippen molar-refractivity contribution < 1.29 is 9.72 Å². The molecule has 0 aliphatic heterocycles. The summed E-state index contributed by atoms with van der Waals surface area (Å²) in [5.41, 5.74) is 1.32. The van der Waals surface area contributed by atoms with Gasteiger partial charge in [-0.25, -0.2) is 0 Å². The van der Waals surface area contributed by atoms with E-state index in [0.717, 1.165) is 0 Å². The summed E-state index contributed by atoms with van der Waals surface area (Å²) in [6.45, 7) is 6.79. The maximum atomic E-state index is 11.8. The van der Waals surface area contributed by atoms with Gasteiger partial charge in [0, 0.05) is 30.8 Å². The lowest BCUT2D eigenvalue weighted by molar-refractivity contribution is -0.385. The molecule has 102 valence electrons. The van der Waals surface area contributed by atoms with Crippen LogP contribution in [0.5, 0.6) is 0 Å². The molecular weight excluding hydrogens is 244 g/mol. The second-order valence-electron chi connectivity index (χ2n) is 4.09. The van der Waals surface area contributed by atoms with Crippen LogP contribution in [0.2, 0.25) is 0 Å². The summed E-state index contributed by atoms with van der Waals surface area (Å²) in [6, 6.07) is 4.83. The van der Waals surface area contributed by atoms with Crippen LogP contribution in [0, 0.1) is 17.0 Å². The zero-order chi connectivity index (χ0) is 14.4. The Morgan fingerprint density at radius 2 is 2.00 bits per heavy atom. The number of rotatable bonds is 5. The lowest BCUT2D eigenvalue weighted by Crippen LogP contribution is -2.28. The van der Waals surface area contributed by atoms with Gasteiger partial charge in [0.25, 0.3) is 5.69 Å². The van der Waals surface area contributed by atoms with E-state index >= 15 is 0 Å². The molecule has 5 nitrogen and oxygen atoms in total. The Balaban J connectivity index is 2.97. The molecule has 1 rings (SSSR count). The molecule has 0 saturated carbocycles. The number of nitrogens with zero attached hydrogens (tertiary/aromatic N) is 2. The zero-order valence-electron chi connectivity index (χ0n) is 11.4. The normalized spacial score (nSPS) is 10.7. The molecule has 1 aromatic rings. The number of hydrogen-bond donors (Lipinski definition) is 0. The van der Waals surface area contributed by atoms with E-state index in [2.05, 4.69) is 0 Å². The predicted octanol–water partition coefficient (Wildman–Crippen LogP) is 2.78. The lowest BCUT2D eigenvalue weighted by atomic mass is 10.1. The molecule has 0 fully saturated rings. The van der Waals surface area contributed by atoms with Gasteiger partial charge in [0.05, 0.1) is 4.92 Å². The Hall–Kier alpha value is -2.17. The smallest absolute Gasteiger partial charge is 0.272 e. The Bertz CT molecular complexity index is 505. The quantitative estimate of drug-likeness (QED) is 0.465. The highest BCUT2D eigenvalue weighted by Gasteiger charge is 2.12. The number of hydrogen-bond acceptors (Lipinski definition) is 3. The van der Waals surface area contributed by atoms with Gasteiger partial charge in [-0.3, -0.25) is 14.9 Å². The van der Waals surface area contributed by atoms with Crippen LogP contribution in [-0.4, -0.2) is 28.8 Å². The minimum Gasteiger partial charge on any atom is -0.340 e. The number of nitro groups is 1. The SMILES string of the molecule is CCN(CC)C(=O)C=Cc1cccc([N+](=O)[O-])c1C. The van der Waals surface area contributed by atoms with Crippen LogP contribution in [0.1, 0.15) is 25.0 Å². The molecule has 0 spiro atoms. The van der Waals surface area contributed by atoms with Gasteiger partial charge >= 0.3 is 0 Å².